The van der Waals surface area contributed by atoms with Gasteiger partial charge in [0, 0.05) is 12.6 Å². The molecule has 0 bridgehead atoms. The smallest absolute Gasteiger partial charge is 0.191 e. The van der Waals surface area contributed by atoms with Crippen LogP contribution in [0, 0.1) is 0 Å². The Hall–Kier alpha value is -1.79. The number of anilines is 2. The average molecular weight is 276 g/mol. The minimum atomic E-state index is -0.588. The first kappa shape index (κ1) is 13.6. The maximum atomic E-state index is 10.0. The molecule has 0 amide bonds. The summed E-state index contributed by atoms with van der Waals surface area (Å²) in [6.07, 6.45) is 1.30. The van der Waals surface area contributed by atoms with Gasteiger partial charge in [0.1, 0.15) is 11.6 Å². The molecule has 1 unspecified atom stereocenters. The van der Waals surface area contributed by atoms with Gasteiger partial charge in [0.25, 0.3) is 0 Å². The van der Waals surface area contributed by atoms with E-state index in [2.05, 4.69) is 15.3 Å². The van der Waals surface area contributed by atoms with Crippen molar-refractivity contribution in [2.75, 3.05) is 23.9 Å². The van der Waals surface area contributed by atoms with E-state index in [1.165, 1.54) is 11.8 Å². The third-order valence-electron chi connectivity index (χ3n) is 2.57. The quantitative estimate of drug-likeness (QED) is 0.571. The van der Waals surface area contributed by atoms with Crippen molar-refractivity contribution in [2.45, 2.75) is 11.3 Å². The van der Waals surface area contributed by atoms with Crippen LogP contribution in [0.3, 0.4) is 0 Å². The van der Waals surface area contributed by atoms with E-state index in [1.54, 1.807) is 6.07 Å². The molecule has 19 heavy (non-hydrogen) atoms. The normalized spacial score (nSPS) is 12.1. The largest absolute Gasteiger partial charge is 0.387 e. The van der Waals surface area contributed by atoms with Crippen molar-refractivity contribution in [1.29, 1.82) is 0 Å². The Bertz CT molecular complexity index is 535. The second kappa shape index (κ2) is 6.40. The highest BCUT2D eigenvalue weighted by atomic mass is 32.2. The molecule has 0 aliphatic heterocycles. The number of aliphatic hydroxyl groups excluding tert-OH is 1. The van der Waals surface area contributed by atoms with Crippen LogP contribution in [0.25, 0.3) is 0 Å². The van der Waals surface area contributed by atoms with Crippen LogP contribution in [0.1, 0.15) is 11.7 Å². The first-order valence-electron chi connectivity index (χ1n) is 5.84. The molecule has 0 spiro atoms. The first-order valence-corrected chi connectivity index (χ1v) is 7.07. The molecule has 5 nitrogen and oxygen atoms in total. The lowest BCUT2D eigenvalue weighted by molar-refractivity contribution is 0.191. The lowest BCUT2D eigenvalue weighted by atomic mass is 10.1. The van der Waals surface area contributed by atoms with Crippen LogP contribution in [0.2, 0.25) is 0 Å². The Kier molecular flexibility index (Phi) is 4.59. The second-order valence-electron chi connectivity index (χ2n) is 3.97. The van der Waals surface area contributed by atoms with E-state index < -0.39 is 6.10 Å². The summed E-state index contributed by atoms with van der Waals surface area (Å²) in [6.45, 7) is 0.369. The molecule has 0 saturated heterocycles. The van der Waals surface area contributed by atoms with Crippen molar-refractivity contribution < 1.29 is 5.11 Å². The number of aromatic nitrogens is 2. The van der Waals surface area contributed by atoms with Gasteiger partial charge in [-0.3, -0.25) is 0 Å². The van der Waals surface area contributed by atoms with Crippen LogP contribution in [0.4, 0.5) is 11.6 Å². The molecule has 1 atom stereocenters. The minimum absolute atomic E-state index is 0.369. The average Bonchev–Trinajstić information content (AvgIpc) is 2.45. The standard InChI is InChI=1S/C13H16N4OS/c1-19-13-16-11(14)7-12(17-13)15-8-10(18)9-5-3-2-4-6-9/h2-7,10,18H,8H2,1H3,(H3,14,15,16,17). The highest BCUT2D eigenvalue weighted by Gasteiger charge is 2.08. The molecule has 0 radical (unpaired) electrons. The topological polar surface area (TPSA) is 84.1 Å². The van der Waals surface area contributed by atoms with E-state index in [4.69, 9.17) is 5.73 Å². The van der Waals surface area contributed by atoms with Gasteiger partial charge in [-0.05, 0) is 11.8 Å². The van der Waals surface area contributed by atoms with Gasteiger partial charge in [-0.1, -0.05) is 42.1 Å². The minimum Gasteiger partial charge on any atom is -0.387 e. The number of nitrogen functional groups attached to an aromatic ring is 1. The van der Waals surface area contributed by atoms with Crippen LogP contribution in [0.15, 0.2) is 41.6 Å². The van der Waals surface area contributed by atoms with E-state index in [1.807, 2.05) is 36.6 Å². The fraction of sp³-hybridized carbons (Fsp3) is 0.231. The zero-order chi connectivity index (χ0) is 13.7. The lowest BCUT2D eigenvalue weighted by Gasteiger charge is -2.13. The Balaban J connectivity index is 2.01. The van der Waals surface area contributed by atoms with Crippen molar-refractivity contribution in [3.8, 4) is 0 Å². The number of nitrogens with zero attached hydrogens (tertiary/aromatic N) is 2. The van der Waals surface area contributed by atoms with Gasteiger partial charge in [0.05, 0.1) is 6.10 Å². The van der Waals surface area contributed by atoms with Gasteiger partial charge in [-0.25, -0.2) is 9.97 Å². The third-order valence-corrected chi connectivity index (χ3v) is 3.12. The number of thioether (sulfide) groups is 1. The molecule has 100 valence electrons. The maximum absolute atomic E-state index is 10.0. The summed E-state index contributed by atoms with van der Waals surface area (Å²) in [7, 11) is 0. The van der Waals surface area contributed by atoms with E-state index in [-0.39, 0.29) is 0 Å². The summed E-state index contributed by atoms with van der Waals surface area (Å²) in [6, 6.07) is 11.1. The molecule has 1 heterocycles. The van der Waals surface area contributed by atoms with Gasteiger partial charge in [-0.15, -0.1) is 0 Å². The number of hydrogen-bond donors (Lipinski definition) is 3. The molecule has 2 aromatic rings. The summed E-state index contributed by atoms with van der Waals surface area (Å²) in [5.41, 5.74) is 6.55. The van der Waals surface area contributed by atoms with Crippen molar-refractivity contribution in [3.05, 3.63) is 42.0 Å². The Labute approximate surface area is 116 Å². The van der Waals surface area contributed by atoms with Crippen LogP contribution >= 0.6 is 11.8 Å². The summed E-state index contributed by atoms with van der Waals surface area (Å²) in [5.74, 6) is 1.03. The molecule has 2 rings (SSSR count). The van der Waals surface area contributed by atoms with Crippen molar-refractivity contribution >= 4 is 23.4 Å². The number of rotatable bonds is 5. The van der Waals surface area contributed by atoms with Crippen molar-refractivity contribution in [1.82, 2.24) is 9.97 Å². The van der Waals surface area contributed by atoms with Crippen LogP contribution in [-0.2, 0) is 0 Å². The summed E-state index contributed by atoms with van der Waals surface area (Å²) < 4.78 is 0. The summed E-state index contributed by atoms with van der Waals surface area (Å²) in [5, 5.41) is 13.7. The van der Waals surface area contributed by atoms with Gasteiger partial charge in [0.2, 0.25) is 0 Å². The Morgan fingerprint density at radius 2 is 2.05 bits per heavy atom. The molecular weight excluding hydrogens is 260 g/mol. The van der Waals surface area contributed by atoms with Crippen molar-refractivity contribution in [3.63, 3.8) is 0 Å². The first-order chi connectivity index (χ1) is 9.19. The van der Waals surface area contributed by atoms with E-state index in [0.717, 1.165) is 5.56 Å². The predicted molar refractivity (Wildman–Crippen MR) is 78.1 cm³/mol. The van der Waals surface area contributed by atoms with Crippen molar-refractivity contribution in [2.24, 2.45) is 0 Å². The lowest BCUT2D eigenvalue weighted by Crippen LogP contribution is -2.13. The number of hydrogen-bond acceptors (Lipinski definition) is 6. The summed E-state index contributed by atoms with van der Waals surface area (Å²) >= 11 is 1.42. The fourth-order valence-electron chi connectivity index (χ4n) is 1.62. The monoisotopic (exact) mass is 276 g/mol. The van der Waals surface area contributed by atoms with Crippen LogP contribution < -0.4 is 11.1 Å². The van der Waals surface area contributed by atoms with E-state index in [9.17, 15) is 5.11 Å². The molecule has 0 aliphatic rings. The number of nitrogens with two attached hydrogens (primary N) is 1. The number of nitrogens with one attached hydrogen (secondary N) is 1. The predicted octanol–water partition coefficient (Wildman–Crippen LogP) is 1.93. The highest BCUT2D eigenvalue weighted by molar-refractivity contribution is 7.98. The molecular formula is C13H16N4OS. The summed E-state index contributed by atoms with van der Waals surface area (Å²) in [4.78, 5) is 8.33. The van der Waals surface area contributed by atoms with Gasteiger partial charge < -0.3 is 16.2 Å². The number of aliphatic hydroxyl groups is 1. The second-order valence-corrected chi connectivity index (χ2v) is 4.75. The van der Waals surface area contributed by atoms with Gasteiger partial charge in [0.15, 0.2) is 5.16 Å². The zero-order valence-electron chi connectivity index (χ0n) is 10.6. The molecule has 6 heteroatoms. The van der Waals surface area contributed by atoms with Crippen LogP contribution in [-0.4, -0.2) is 27.9 Å². The van der Waals surface area contributed by atoms with Gasteiger partial charge in [-0.2, -0.15) is 0 Å². The maximum Gasteiger partial charge on any atom is 0.191 e. The number of benzene rings is 1. The molecule has 0 saturated carbocycles. The molecule has 1 aromatic carbocycles. The van der Waals surface area contributed by atoms with Gasteiger partial charge >= 0.3 is 0 Å². The zero-order valence-corrected chi connectivity index (χ0v) is 11.4. The SMILES string of the molecule is CSc1nc(N)cc(NCC(O)c2ccccc2)n1. The third kappa shape index (κ3) is 3.84. The van der Waals surface area contributed by atoms with Crippen LogP contribution in [0.5, 0.6) is 0 Å². The molecule has 4 N–H and O–H groups in total. The van der Waals surface area contributed by atoms with E-state index in [0.29, 0.717) is 23.3 Å². The fourth-order valence-corrected chi connectivity index (χ4v) is 2.01. The highest BCUT2D eigenvalue weighted by Crippen LogP contribution is 2.17. The molecule has 1 aromatic heterocycles. The Morgan fingerprint density at radius 1 is 1.32 bits per heavy atom. The molecule has 0 aliphatic carbocycles. The van der Waals surface area contributed by atoms with E-state index >= 15 is 0 Å². The Morgan fingerprint density at radius 3 is 2.74 bits per heavy atom. The molecule has 0 fully saturated rings.